The second-order valence-electron chi connectivity index (χ2n) is 7.73. The first-order valence-electron chi connectivity index (χ1n) is 7.12. The fraction of sp³-hybridized carbons (Fsp3) is 1.00. The van der Waals surface area contributed by atoms with Crippen molar-refractivity contribution in [2.24, 2.45) is 10.8 Å². The lowest BCUT2D eigenvalue weighted by molar-refractivity contribution is 0.187. The Balaban J connectivity index is 1.82. The predicted octanol–water partition coefficient (Wildman–Crippen LogP) is 4.12. The van der Waals surface area contributed by atoms with Gasteiger partial charge >= 0.3 is 0 Å². The van der Waals surface area contributed by atoms with Gasteiger partial charge in [-0.05, 0) is 49.4 Å². The Bertz CT molecular complexity index is 242. The Morgan fingerprint density at radius 3 is 1.94 bits per heavy atom. The van der Waals surface area contributed by atoms with Gasteiger partial charge in [0.1, 0.15) is 0 Å². The summed E-state index contributed by atoms with van der Waals surface area (Å²) in [6.45, 7) is 9.69. The quantitative estimate of drug-likeness (QED) is 0.742. The maximum absolute atomic E-state index is 3.93. The van der Waals surface area contributed by atoms with Crippen LogP contribution in [-0.2, 0) is 0 Å². The van der Waals surface area contributed by atoms with E-state index >= 15 is 0 Å². The highest BCUT2D eigenvalue weighted by Gasteiger charge is 2.34. The SMILES string of the molecule is CC1(C)CCCC(NC2CCC(C)(C)C2)C1. The molecule has 0 aromatic carbocycles. The molecule has 0 aliphatic heterocycles. The van der Waals surface area contributed by atoms with Gasteiger partial charge in [0, 0.05) is 12.1 Å². The minimum absolute atomic E-state index is 0.573. The largest absolute Gasteiger partial charge is 0.311 e. The van der Waals surface area contributed by atoms with Gasteiger partial charge in [-0.1, -0.05) is 34.1 Å². The summed E-state index contributed by atoms with van der Waals surface area (Å²) in [5.74, 6) is 0. The number of hydrogen-bond acceptors (Lipinski definition) is 1. The van der Waals surface area contributed by atoms with Crippen LogP contribution in [0.4, 0.5) is 0 Å². The molecule has 0 aromatic rings. The Morgan fingerprint density at radius 1 is 0.812 bits per heavy atom. The third-order valence-corrected chi connectivity index (χ3v) is 4.65. The Hall–Kier alpha value is -0.0400. The van der Waals surface area contributed by atoms with Crippen molar-refractivity contribution < 1.29 is 0 Å². The second kappa shape index (κ2) is 4.33. The molecule has 16 heavy (non-hydrogen) atoms. The molecule has 0 amide bonds. The van der Waals surface area contributed by atoms with Crippen LogP contribution in [0, 0.1) is 10.8 Å². The van der Waals surface area contributed by atoms with Gasteiger partial charge in [-0.3, -0.25) is 0 Å². The van der Waals surface area contributed by atoms with Crippen molar-refractivity contribution in [2.75, 3.05) is 0 Å². The number of rotatable bonds is 2. The summed E-state index contributed by atoms with van der Waals surface area (Å²) in [5, 5.41) is 3.93. The van der Waals surface area contributed by atoms with Gasteiger partial charge in [0.25, 0.3) is 0 Å². The van der Waals surface area contributed by atoms with Crippen LogP contribution in [0.3, 0.4) is 0 Å². The van der Waals surface area contributed by atoms with Crippen molar-refractivity contribution in [3.8, 4) is 0 Å². The van der Waals surface area contributed by atoms with Crippen LogP contribution < -0.4 is 5.32 Å². The summed E-state index contributed by atoms with van der Waals surface area (Å²) < 4.78 is 0. The molecule has 2 rings (SSSR count). The van der Waals surface area contributed by atoms with Crippen molar-refractivity contribution in [3.05, 3.63) is 0 Å². The monoisotopic (exact) mass is 223 g/mol. The Labute approximate surface area is 101 Å². The summed E-state index contributed by atoms with van der Waals surface area (Å²) >= 11 is 0. The van der Waals surface area contributed by atoms with Gasteiger partial charge in [-0.2, -0.15) is 0 Å². The summed E-state index contributed by atoms with van der Waals surface area (Å²) in [5.41, 5.74) is 1.16. The van der Waals surface area contributed by atoms with E-state index < -0.39 is 0 Å². The zero-order valence-electron chi connectivity index (χ0n) is 11.6. The molecule has 2 atom stereocenters. The van der Waals surface area contributed by atoms with E-state index in [4.69, 9.17) is 0 Å². The molecule has 0 spiro atoms. The molecule has 0 radical (unpaired) electrons. The first-order chi connectivity index (χ1) is 7.36. The van der Waals surface area contributed by atoms with E-state index in [2.05, 4.69) is 33.0 Å². The molecule has 94 valence electrons. The van der Waals surface area contributed by atoms with Crippen molar-refractivity contribution in [2.45, 2.75) is 84.7 Å². The average Bonchev–Trinajstić information content (AvgIpc) is 2.43. The van der Waals surface area contributed by atoms with Gasteiger partial charge in [0.2, 0.25) is 0 Å². The third kappa shape index (κ3) is 3.23. The summed E-state index contributed by atoms with van der Waals surface area (Å²) in [6, 6.07) is 1.59. The molecule has 2 aliphatic carbocycles. The third-order valence-electron chi connectivity index (χ3n) is 4.65. The molecule has 0 heterocycles. The molecule has 2 fully saturated rings. The van der Waals surface area contributed by atoms with E-state index in [0.29, 0.717) is 10.8 Å². The van der Waals surface area contributed by atoms with Gasteiger partial charge < -0.3 is 5.32 Å². The highest BCUT2D eigenvalue weighted by Crippen LogP contribution is 2.39. The second-order valence-corrected chi connectivity index (χ2v) is 7.73. The summed E-state index contributed by atoms with van der Waals surface area (Å²) in [4.78, 5) is 0. The molecule has 2 unspecified atom stereocenters. The zero-order valence-corrected chi connectivity index (χ0v) is 11.6. The molecule has 2 saturated carbocycles. The van der Waals surface area contributed by atoms with Gasteiger partial charge in [0.05, 0.1) is 0 Å². The van der Waals surface area contributed by atoms with Crippen molar-refractivity contribution in [1.82, 2.24) is 5.32 Å². The van der Waals surface area contributed by atoms with E-state index in [0.717, 1.165) is 12.1 Å². The highest BCUT2D eigenvalue weighted by atomic mass is 15.0. The van der Waals surface area contributed by atoms with Crippen LogP contribution in [0.1, 0.15) is 72.6 Å². The van der Waals surface area contributed by atoms with Crippen LogP contribution in [0.2, 0.25) is 0 Å². The fourth-order valence-electron chi connectivity index (χ4n) is 3.75. The minimum atomic E-state index is 0.573. The van der Waals surface area contributed by atoms with E-state index in [1.807, 2.05) is 0 Å². The van der Waals surface area contributed by atoms with Crippen molar-refractivity contribution in [3.63, 3.8) is 0 Å². The van der Waals surface area contributed by atoms with E-state index in [-0.39, 0.29) is 0 Å². The molecule has 0 bridgehead atoms. The van der Waals surface area contributed by atoms with Crippen LogP contribution in [-0.4, -0.2) is 12.1 Å². The number of hydrogen-bond donors (Lipinski definition) is 1. The van der Waals surface area contributed by atoms with Crippen LogP contribution in [0.15, 0.2) is 0 Å². The summed E-state index contributed by atoms with van der Waals surface area (Å²) in [7, 11) is 0. The maximum atomic E-state index is 3.93. The highest BCUT2D eigenvalue weighted by molar-refractivity contribution is 4.91. The molecule has 2 aliphatic rings. The molecule has 1 N–H and O–H groups in total. The molecular weight excluding hydrogens is 194 g/mol. The van der Waals surface area contributed by atoms with Gasteiger partial charge in [-0.15, -0.1) is 0 Å². The minimum Gasteiger partial charge on any atom is -0.311 e. The normalized spacial score (nSPS) is 37.5. The topological polar surface area (TPSA) is 12.0 Å². The van der Waals surface area contributed by atoms with Crippen molar-refractivity contribution >= 4 is 0 Å². The molecule has 1 heteroatoms. The zero-order chi connectivity index (χ0) is 11.8. The average molecular weight is 223 g/mol. The molecule has 1 nitrogen and oxygen atoms in total. The smallest absolute Gasteiger partial charge is 0.00749 e. The maximum Gasteiger partial charge on any atom is 0.00749 e. The Kier molecular flexibility index (Phi) is 3.36. The fourth-order valence-corrected chi connectivity index (χ4v) is 3.75. The molecule has 0 saturated heterocycles. The van der Waals surface area contributed by atoms with Crippen LogP contribution in [0.5, 0.6) is 0 Å². The molecular formula is C15H29N. The predicted molar refractivity (Wildman–Crippen MR) is 70.6 cm³/mol. The molecule has 0 aromatic heterocycles. The van der Waals surface area contributed by atoms with Crippen LogP contribution >= 0.6 is 0 Å². The van der Waals surface area contributed by atoms with E-state index in [9.17, 15) is 0 Å². The standard InChI is InChI=1S/C15H29N/c1-14(2)8-5-6-12(10-14)16-13-7-9-15(3,4)11-13/h12-13,16H,5-11H2,1-4H3. The number of nitrogens with one attached hydrogen (secondary N) is 1. The Morgan fingerprint density at radius 2 is 1.38 bits per heavy atom. The van der Waals surface area contributed by atoms with Crippen molar-refractivity contribution in [1.29, 1.82) is 0 Å². The first-order valence-corrected chi connectivity index (χ1v) is 7.12. The lowest BCUT2D eigenvalue weighted by atomic mass is 9.75. The lowest BCUT2D eigenvalue weighted by Crippen LogP contribution is -2.42. The van der Waals surface area contributed by atoms with E-state index in [1.54, 1.807) is 0 Å². The van der Waals surface area contributed by atoms with Gasteiger partial charge in [0.15, 0.2) is 0 Å². The van der Waals surface area contributed by atoms with Crippen LogP contribution in [0.25, 0.3) is 0 Å². The first kappa shape index (κ1) is 12.4. The van der Waals surface area contributed by atoms with E-state index in [1.165, 1.54) is 44.9 Å². The lowest BCUT2D eigenvalue weighted by Gasteiger charge is -2.37. The van der Waals surface area contributed by atoms with Gasteiger partial charge in [-0.25, -0.2) is 0 Å². The summed E-state index contributed by atoms with van der Waals surface area (Å²) in [6.07, 6.45) is 9.79.